The van der Waals surface area contributed by atoms with Gasteiger partial charge in [-0.25, -0.2) is 0 Å². The number of hydrogen-bond donors (Lipinski definition) is 1. The van der Waals surface area contributed by atoms with Crippen LogP contribution in [0.3, 0.4) is 0 Å². The van der Waals surface area contributed by atoms with E-state index in [1.54, 1.807) is 0 Å². The largest absolute Gasteiger partial charge is 0.484 e. The lowest BCUT2D eigenvalue weighted by molar-refractivity contribution is -0.118. The average molecular weight is 409 g/mol. The molecule has 0 heterocycles. The number of anilines is 1. The van der Waals surface area contributed by atoms with Crippen molar-refractivity contribution in [3.05, 3.63) is 56.7 Å². The minimum atomic E-state index is -0.146. The lowest BCUT2D eigenvalue weighted by Gasteiger charge is -2.13. The van der Waals surface area contributed by atoms with Crippen LogP contribution in [0, 0.1) is 17.4 Å². The number of carbonyl (C=O) groups is 1. The maximum Gasteiger partial charge on any atom is 0.262 e. The molecule has 0 bridgehead atoms. The van der Waals surface area contributed by atoms with E-state index in [-0.39, 0.29) is 12.5 Å². The molecule has 0 saturated carbocycles. The van der Waals surface area contributed by atoms with Crippen molar-refractivity contribution in [3.8, 4) is 5.75 Å². The van der Waals surface area contributed by atoms with Gasteiger partial charge in [0.1, 0.15) is 5.75 Å². The Morgan fingerprint density at radius 1 is 1.14 bits per heavy atom. The zero-order valence-electron chi connectivity index (χ0n) is 13.1. The molecule has 2 aromatic carbocycles. The van der Waals surface area contributed by atoms with Crippen molar-refractivity contribution >= 4 is 34.2 Å². The Hall–Kier alpha value is -1.56. The van der Waals surface area contributed by atoms with Crippen LogP contribution in [0.4, 0.5) is 5.69 Å². The molecule has 1 N–H and O–H groups in total. The van der Waals surface area contributed by atoms with Crippen molar-refractivity contribution in [2.45, 2.75) is 27.2 Å². The number of hydrogen-bond acceptors (Lipinski definition) is 2. The molecule has 1 amide bonds. The summed E-state index contributed by atoms with van der Waals surface area (Å²) in [6.45, 7) is 6.11. The topological polar surface area (TPSA) is 38.3 Å². The Balaban J connectivity index is 1.95. The number of benzene rings is 2. The summed E-state index contributed by atoms with van der Waals surface area (Å²) in [5.74, 6) is 0.565. The molecular formula is C18H20INO2. The summed E-state index contributed by atoms with van der Waals surface area (Å²) >= 11 is 2.27. The molecule has 2 aromatic rings. The molecule has 3 nitrogen and oxygen atoms in total. The van der Waals surface area contributed by atoms with Crippen LogP contribution in [0.5, 0.6) is 5.75 Å². The molecule has 22 heavy (non-hydrogen) atoms. The molecule has 0 unspecified atom stereocenters. The van der Waals surface area contributed by atoms with Crippen LogP contribution in [0.2, 0.25) is 0 Å². The highest BCUT2D eigenvalue weighted by Gasteiger charge is 2.09. The van der Waals surface area contributed by atoms with E-state index in [0.29, 0.717) is 5.75 Å². The van der Waals surface area contributed by atoms with Crippen LogP contribution >= 0.6 is 22.6 Å². The minimum Gasteiger partial charge on any atom is -0.484 e. The number of rotatable bonds is 5. The molecule has 0 spiro atoms. The highest BCUT2D eigenvalue weighted by molar-refractivity contribution is 14.1. The van der Waals surface area contributed by atoms with Crippen LogP contribution in [-0.2, 0) is 11.2 Å². The molecule has 0 radical (unpaired) electrons. The van der Waals surface area contributed by atoms with Gasteiger partial charge in [0.05, 0.1) is 0 Å². The number of ether oxygens (including phenoxy) is 1. The first-order valence-electron chi connectivity index (χ1n) is 7.28. The standard InChI is InChI=1S/C18H20INO2/c1-4-14-5-7-16(8-6-14)22-11-17(21)20-18-12(2)9-15(19)10-13(18)3/h5-10H,4,11H2,1-3H3,(H,20,21). The first kappa shape index (κ1) is 16.8. The molecule has 116 valence electrons. The molecule has 2 rings (SSSR count). The van der Waals surface area contributed by atoms with Gasteiger partial charge in [-0.05, 0) is 83.8 Å². The molecule has 0 fully saturated rings. The van der Waals surface area contributed by atoms with E-state index in [1.165, 1.54) is 5.56 Å². The molecule has 0 aliphatic carbocycles. The number of carbonyl (C=O) groups excluding carboxylic acids is 1. The van der Waals surface area contributed by atoms with E-state index in [4.69, 9.17) is 4.74 Å². The smallest absolute Gasteiger partial charge is 0.262 e. The maximum atomic E-state index is 12.1. The fourth-order valence-corrected chi connectivity index (χ4v) is 3.19. The van der Waals surface area contributed by atoms with E-state index in [0.717, 1.165) is 26.8 Å². The highest BCUT2D eigenvalue weighted by Crippen LogP contribution is 2.23. The molecule has 0 aliphatic rings. The number of amides is 1. The summed E-state index contributed by atoms with van der Waals surface area (Å²) in [4.78, 5) is 12.1. The van der Waals surface area contributed by atoms with Crippen molar-refractivity contribution in [2.75, 3.05) is 11.9 Å². The predicted octanol–water partition coefficient (Wildman–Crippen LogP) is 4.49. The summed E-state index contributed by atoms with van der Waals surface area (Å²) in [7, 11) is 0. The highest BCUT2D eigenvalue weighted by atomic mass is 127. The van der Waals surface area contributed by atoms with Crippen LogP contribution in [0.25, 0.3) is 0 Å². The van der Waals surface area contributed by atoms with Gasteiger partial charge in [0, 0.05) is 9.26 Å². The minimum absolute atomic E-state index is 0.0103. The lowest BCUT2D eigenvalue weighted by Crippen LogP contribution is -2.21. The Morgan fingerprint density at radius 3 is 2.27 bits per heavy atom. The first-order valence-corrected chi connectivity index (χ1v) is 8.35. The quantitative estimate of drug-likeness (QED) is 0.740. The van der Waals surface area contributed by atoms with E-state index >= 15 is 0 Å². The second-order valence-corrected chi connectivity index (χ2v) is 6.49. The van der Waals surface area contributed by atoms with Gasteiger partial charge in [-0.2, -0.15) is 0 Å². The van der Waals surface area contributed by atoms with E-state index < -0.39 is 0 Å². The Morgan fingerprint density at radius 2 is 1.73 bits per heavy atom. The van der Waals surface area contributed by atoms with Crippen molar-refractivity contribution in [3.63, 3.8) is 0 Å². The normalized spacial score (nSPS) is 10.4. The molecule has 0 aromatic heterocycles. The van der Waals surface area contributed by atoms with Gasteiger partial charge in [-0.3, -0.25) is 4.79 Å². The Labute approximate surface area is 145 Å². The van der Waals surface area contributed by atoms with Crippen LogP contribution in [0.15, 0.2) is 36.4 Å². The Bertz CT molecular complexity index is 642. The van der Waals surface area contributed by atoms with Gasteiger partial charge in [0.25, 0.3) is 5.91 Å². The van der Waals surface area contributed by atoms with Crippen LogP contribution in [-0.4, -0.2) is 12.5 Å². The Kier molecular flexibility index (Phi) is 5.83. The maximum absolute atomic E-state index is 12.1. The molecular weight excluding hydrogens is 389 g/mol. The summed E-state index contributed by atoms with van der Waals surface area (Å²) in [5, 5.41) is 2.93. The molecule has 0 saturated heterocycles. The van der Waals surface area contributed by atoms with Gasteiger partial charge < -0.3 is 10.1 Å². The molecule has 0 atom stereocenters. The molecule has 4 heteroatoms. The predicted molar refractivity (Wildman–Crippen MR) is 98.6 cm³/mol. The van der Waals surface area contributed by atoms with Crippen LogP contribution < -0.4 is 10.1 Å². The van der Waals surface area contributed by atoms with Crippen molar-refractivity contribution in [2.24, 2.45) is 0 Å². The number of nitrogens with one attached hydrogen (secondary N) is 1. The number of aryl methyl sites for hydroxylation is 3. The fourth-order valence-electron chi connectivity index (χ4n) is 2.25. The lowest BCUT2D eigenvalue weighted by atomic mass is 10.1. The van der Waals surface area contributed by atoms with E-state index in [1.807, 2.05) is 50.2 Å². The SMILES string of the molecule is CCc1ccc(OCC(=O)Nc2c(C)cc(I)cc2C)cc1. The second-order valence-electron chi connectivity index (χ2n) is 5.25. The van der Waals surface area contributed by atoms with Crippen LogP contribution in [0.1, 0.15) is 23.6 Å². The van der Waals surface area contributed by atoms with Gasteiger partial charge in [0.2, 0.25) is 0 Å². The summed E-state index contributed by atoms with van der Waals surface area (Å²) in [6.07, 6.45) is 0.992. The summed E-state index contributed by atoms with van der Waals surface area (Å²) in [6, 6.07) is 11.9. The average Bonchev–Trinajstić information content (AvgIpc) is 2.49. The zero-order chi connectivity index (χ0) is 16.1. The molecule has 0 aliphatic heterocycles. The van der Waals surface area contributed by atoms with Gasteiger partial charge in [0.15, 0.2) is 6.61 Å². The van der Waals surface area contributed by atoms with Crippen molar-refractivity contribution in [1.82, 2.24) is 0 Å². The monoisotopic (exact) mass is 409 g/mol. The number of halogens is 1. The fraction of sp³-hybridized carbons (Fsp3) is 0.278. The van der Waals surface area contributed by atoms with Gasteiger partial charge in [-0.15, -0.1) is 0 Å². The second kappa shape index (κ2) is 7.63. The summed E-state index contributed by atoms with van der Waals surface area (Å²) < 4.78 is 6.69. The zero-order valence-corrected chi connectivity index (χ0v) is 15.2. The van der Waals surface area contributed by atoms with Crippen molar-refractivity contribution in [1.29, 1.82) is 0 Å². The first-order chi connectivity index (χ1) is 10.5. The third kappa shape index (κ3) is 4.47. The van der Waals surface area contributed by atoms with Gasteiger partial charge in [-0.1, -0.05) is 19.1 Å². The third-order valence-electron chi connectivity index (χ3n) is 3.46. The van der Waals surface area contributed by atoms with Gasteiger partial charge >= 0.3 is 0 Å². The third-order valence-corrected chi connectivity index (χ3v) is 4.09. The van der Waals surface area contributed by atoms with E-state index in [9.17, 15) is 4.79 Å². The van der Waals surface area contributed by atoms with Crippen molar-refractivity contribution < 1.29 is 9.53 Å². The summed E-state index contributed by atoms with van der Waals surface area (Å²) in [5.41, 5.74) is 4.24. The van der Waals surface area contributed by atoms with E-state index in [2.05, 4.69) is 34.8 Å².